The second kappa shape index (κ2) is 3.04. The van der Waals surface area contributed by atoms with Gasteiger partial charge in [-0.05, 0) is 6.92 Å². The second-order valence-corrected chi connectivity index (χ2v) is 3.98. The van der Waals surface area contributed by atoms with Crippen LogP contribution in [0.2, 0.25) is 0 Å². The Bertz CT molecular complexity index is 221. The van der Waals surface area contributed by atoms with Gasteiger partial charge in [-0.15, -0.1) is 0 Å². The van der Waals surface area contributed by atoms with E-state index >= 15 is 0 Å². The molecule has 2 aliphatic rings. The van der Waals surface area contributed by atoms with Gasteiger partial charge in [-0.3, -0.25) is 0 Å². The van der Waals surface area contributed by atoms with Crippen molar-refractivity contribution in [1.82, 2.24) is 5.32 Å². The van der Waals surface area contributed by atoms with Crippen molar-refractivity contribution < 1.29 is 14.3 Å². The second-order valence-electron chi connectivity index (χ2n) is 3.98. The normalized spacial score (nSPS) is 49.2. The zero-order valence-electron chi connectivity index (χ0n) is 7.95. The molecule has 4 heteroatoms. The third-order valence-corrected chi connectivity index (χ3v) is 3.19. The van der Waals surface area contributed by atoms with Gasteiger partial charge in [0.25, 0.3) is 0 Å². The molecule has 2 saturated heterocycles. The van der Waals surface area contributed by atoms with Crippen molar-refractivity contribution in [2.75, 3.05) is 20.3 Å². The van der Waals surface area contributed by atoms with E-state index in [1.807, 2.05) is 6.92 Å². The number of fused-ring (bicyclic) bond motifs is 1. The lowest BCUT2D eigenvalue weighted by Gasteiger charge is -2.27. The molecule has 0 aliphatic carbocycles. The molecular weight excluding hydrogens is 170 g/mol. The summed E-state index contributed by atoms with van der Waals surface area (Å²) in [7, 11) is 1.68. The Hall–Kier alpha value is -0.450. The van der Waals surface area contributed by atoms with Crippen molar-refractivity contribution in [3.63, 3.8) is 0 Å². The van der Waals surface area contributed by atoms with Crippen molar-refractivity contribution in [2.24, 2.45) is 5.92 Å². The SMILES string of the molecule is COC1(C)CO[C@@H]2[C@H](C=O)CN[C@@H]21. The van der Waals surface area contributed by atoms with Crippen LogP contribution >= 0.6 is 0 Å². The molecule has 0 aromatic heterocycles. The zero-order chi connectivity index (χ0) is 9.47. The van der Waals surface area contributed by atoms with Gasteiger partial charge < -0.3 is 19.6 Å². The first-order chi connectivity index (χ1) is 6.21. The number of aldehydes is 1. The van der Waals surface area contributed by atoms with Gasteiger partial charge in [0.2, 0.25) is 0 Å². The largest absolute Gasteiger partial charge is 0.374 e. The number of hydrogen-bond donors (Lipinski definition) is 1. The fraction of sp³-hybridized carbons (Fsp3) is 0.889. The molecule has 2 heterocycles. The average molecular weight is 185 g/mol. The Morgan fingerprint density at radius 1 is 1.69 bits per heavy atom. The smallest absolute Gasteiger partial charge is 0.127 e. The highest BCUT2D eigenvalue weighted by Gasteiger charge is 2.53. The van der Waals surface area contributed by atoms with Crippen molar-refractivity contribution in [2.45, 2.75) is 24.7 Å². The van der Waals surface area contributed by atoms with Crippen LogP contribution in [0, 0.1) is 5.92 Å². The Balaban J connectivity index is 2.15. The van der Waals surface area contributed by atoms with E-state index in [1.165, 1.54) is 0 Å². The van der Waals surface area contributed by atoms with Crippen LogP contribution in [0.4, 0.5) is 0 Å². The lowest BCUT2D eigenvalue weighted by molar-refractivity contribution is -0.113. The average Bonchev–Trinajstić information content (AvgIpc) is 2.68. The van der Waals surface area contributed by atoms with Crippen molar-refractivity contribution in [3.05, 3.63) is 0 Å². The first-order valence-corrected chi connectivity index (χ1v) is 4.57. The van der Waals surface area contributed by atoms with E-state index in [-0.39, 0.29) is 23.7 Å². The maximum absolute atomic E-state index is 10.7. The minimum absolute atomic E-state index is 0.00227. The zero-order valence-corrected chi connectivity index (χ0v) is 7.95. The lowest BCUT2D eigenvalue weighted by atomic mass is 9.94. The molecule has 0 radical (unpaired) electrons. The fourth-order valence-electron chi connectivity index (χ4n) is 2.19. The topological polar surface area (TPSA) is 47.6 Å². The summed E-state index contributed by atoms with van der Waals surface area (Å²) >= 11 is 0. The summed E-state index contributed by atoms with van der Waals surface area (Å²) < 4.78 is 11.0. The molecule has 2 rings (SSSR count). The molecule has 0 saturated carbocycles. The molecule has 4 atom stereocenters. The van der Waals surface area contributed by atoms with Crippen LogP contribution < -0.4 is 5.32 Å². The van der Waals surface area contributed by atoms with Crippen LogP contribution in [0.25, 0.3) is 0 Å². The number of nitrogens with one attached hydrogen (secondary N) is 1. The highest BCUT2D eigenvalue weighted by Crippen LogP contribution is 2.34. The molecule has 74 valence electrons. The first kappa shape index (κ1) is 9.12. The van der Waals surface area contributed by atoms with Gasteiger partial charge in [0.05, 0.1) is 24.7 Å². The van der Waals surface area contributed by atoms with E-state index in [1.54, 1.807) is 7.11 Å². The highest BCUT2D eigenvalue weighted by atomic mass is 16.6. The molecule has 4 nitrogen and oxygen atoms in total. The van der Waals surface area contributed by atoms with Crippen LogP contribution in [0.15, 0.2) is 0 Å². The molecule has 1 N–H and O–H groups in total. The maximum Gasteiger partial charge on any atom is 0.127 e. The van der Waals surface area contributed by atoms with Crippen molar-refractivity contribution in [1.29, 1.82) is 0 Å². The Kier molecular flexibility index (Phi) is 2.14. The number of ether oxygens (including phenoxy) is 2. The monoisotopic (exact) mass is 185 g/mol. The maximum atomic E-state index is 10.7. The van der Waals surface area contributed by atoms with Gasteiger partial charge in [-0.1, -0.05) is 0 Å². The van der Waals surface area contributed by atoms with Crippen LogP contribution in [0.3, 0.4) is 0 Å². The predicted molar refractivity (Wildman–Crippen MR) is 46.5 cm³/mol. The minimum atomic E-state index is -0.275. The third kappa shape index (κ3) is 1.21. The van der Waals surface area contributed by atoms with E-state index in [0.29, 0.717) is 13.2 Å². The van der Waals surface area contributed by atoms with E-state index in [0.717, 1.165) is 6.29 Å². The van der Waals surface area contributed by atoms with Gasteiger partial charge >= 0.3 is 0 Å². The van der Waals surface area contributed by atoms with Crippen LogP contribution in [0.5, 0.6) is 0 Å². The first-order valence-electron chi connectivity index (χ1n) is 4.57. The predicted octanol–water partition coefficient (Wildman–Crippen LogP) is -0.423. The number of methoxy groups -OCH3 is 1. The molecule has 0 amide bonds. The molecular formula is C9H15NO3. The standard InChI is InChI=1S/C9H15NO3/c1-9(12-2)5-13-7-6(4-11)3-10-8(7)9/h4,6-8,10H,3,5H2,1-2H3/t6-,7+,8-,9?/m0/s1. The molecule has 2 fully saturated rings. The summed E-state index contributed by atoms with van der Waals surface area (Å²) in [5.74, 6) is -0.0121. The Labute approximate surface area is 77.6 Å². The van der Waals surface area contributed by atoms with Gasteiger partial charge in [-0.2, -0.15) is 0 Å². The summed E-state index contributed by atoms with van der Waals surface area (Å²) in [6, 6.07) is 0.160. The quantitative estimate of drug-likeness (QED) is 0.593. The fourth-order valence-corrected chi connectivity index (χ4v) is 2.19. The minimum Gasteiger partial charge on any atom is -0.374 e. The molecule has 0 aromatic carbocycles. The summed E-state index contributed by atoms with van der Waals surface area (Å²) in [6.07, 6.45) is 0.974. The number of hydrogen-bond acceptors (Lipinski definition) is 4. The van der Waals surface area contributed by atoms with Gasteiger partial charge in [-0.25, -0.2) is 0 Å². The van der Waals surface area contributed by atoms with Crippen LogP contribution in [-0.4, -0.2) is 44.3 Å². The Morgan fingerprint density at radius 2 is 2.46 bits per heavy atom. The Morgan fingerprint density at radius 3 is 3.08 bits per heavy atom. The van der Waals surface area contributed by atoms with Gasteiger partial charge in [0, 0.05) is 13.7 Å². The summed E-state index contributed by atoms with van der Waals surface area (Å²) in [4.78, 5) is 10.7. The molecule has 0 bridgehead atoms. The van der Waals surface area contributed by atoms with E-state index in [9.17, 15) is 4.79 Å². The molecule has 1 unspecified atom stereocenters. The van der Waals surface area contributed by atoms with E-state index in [2.05, 4.69) is 5.32 Å². The van der Waals surface area contributed by atoms with Crippen LogP contribution in [0.1, 0.15) is 6.92 Å². The lowest BCUT2D eigenvalue weighted by Crippen LogP contribution is -2.47. The molecule has 0 aromatic rings. The van der Waals surface area contributed by atoms with Crippen LogP contribution in [-0.2, 0) is 14.3 Å². The summed E-state index contributed by atoms with van der Waals surface area (Å²) in [6.45, 7) is 3.28. The number of rotatable bonds is 2. The summed E-state index contributed by atoms with van der Waals surface area (Å²) in [5, 5.41) is 3.28. The van der Waals surface area contributed by atoms with Crippen molar-refractivity contribution >= 4 is 6.29 Å². The third-order valence-electron chi connectivity index (χ3n) is 3.19. The summed E-state index contributed by atoms with van der Waals surface area (Å²) in [5.41, 5.74) is -0.275. The van der Waals surface area contributed by atoms with Gasteiger partial charge in [0.1, 0.15) is 11.9 Å². The van der Waals surface area contributed by atoms with E-state index < -0.39 is 0 Å². The van der Waals surface area contributed by atoms with Gasteiger partial charge in [0.15, 0.2) is 0 Å². The number of carbonyl (C=O) groups excluding carboxylic acids is 1. The molecule has 0 spiro atoms. The molecule has 2 aliphatic heterocycles. The number of carbonyl (C=O) groups is 1. The molecule has 13 heavy (non-hydrogen) atoms. The highest BCUT2D eigenvalue weighted by molar-refractivity contribution is 5.56. The van der Waals surface area contributed by atoms with Crippen molar-refractivity contribution in [3.8, 4) is 0 Å². The van der Waals surface area contributed by atoms with E-state index in [4.69, 9.17) is 9.47 Å².